The molecule has 0 unspecified atom stereocenters. The number of para-hydroxylation sites is 1. The highest BCUT2D eigenvalue weighted by molar-refractivity contribution is 5.89. The molecule has 0 saturated heterocycles. The lowest BCUT2D eigenvalue weighted by Gasteiger charge is -2.19. The first kappa shape index (κ1) is 19.8. The molecule has 134 valence electrons. The van der Waals surface area contributed by atoms with Crippen molar-refractivity contribution < 1.29 is 14.3 Å². The first-order valence-electron chi connectivity index (χ1n) is 8.43. The number of hydrogen-bond donors (Lipinski definition) is 3. The topological polar surface area (TPSA) is 79.5 Å². The Morgan fingerprint density at radius 2 is 1.50 bits per heavy atom. The zero-order valence-electron chi connectivity index (χ0n) is 14.9. The molecule has 0 spiro atoms. The number of carbonyl (C=O) groups is 2. The van der Waals surface area contributed by atoms with Crippen molar-refractivity contribution in [1.29, 1.82) is 0 Å². The number of hydrogen-bond acceptors (Lipinski definition) is 3. The molecule has 24 heavy (non-hydrogen) atoms. The van der Waals surface area contributed by atoms with Crippen molar-refractivity contribution in [2.75, 3.05) is 18.4 Å². The van der Waals surface area contributed by atoms with Crippen LogP contribution in [0, 0.1) is 0 Å². The van der Waals surface area contributed by atoms with Gasteiger partial charge in [-0.05, 0) is 45.7 Å². The number of rotatable bonds is 8. The van der Waals surface area contributed by atoms with E-state index in [4.69, 9.17) is 4.74 Å². The number of carbonyl (C=O) groups excluding carboxylic acids is 2. The van der Waals surface area contributed by atoms with Crippen LogP contribution in [0.15, 0.2) is 30.3 Å². The number of ether oxygens (including phenoxy) is 1. The average Bonchev–Trinajstić information content (AvgIpc) is 2.49. The van der Waals surface area contributed by atoms with Crippen LogP contribution in [0.2, 0.25) is 0 Å². The van der Waals surface area contributed by atoms with Crippen molar-refractivity contribution in [1.82, 2.24) is 10.6 Å². The van der Waals surface area contributed by atoms with Gasteiger partial charge in [-0.25, -0.2) is 9.59 Å². The fraction of sp³-hybridized carbons (Fsp3) is 0.556. The number of urea groups is 1. The molecule has 0 fully saturated rings. The van der Waals surface area contributed by atoms with Gasteiger partial charge in [-0.1, -0.05) is 31.0 Å². The van der Waals surface area contributed by atoms with Gasteiger partial charge in [-0.15, -0.1) is 0 Å². The minimum Gasteiger partial charge on any atom is -0.444 e. The second-order valence-electron chi connectivity index (χ2n) is 6.59. The molecule has 0 aromatic heterocycles. The molecule has 6 nitrogen and oxygen atoms in total. The Morgan fingerprint density at radius 1 is 0.917 bits per heavy atom. The summed E-state index contributed by atoms with van der Waals surface area (Å²) in [6.07, 6.45) is 3.44. The first-order valence-corrected chi connectivity index (χ1v) is 8.43. The van der Waals surface area contributed by atoms with Crippen LogP contribution in [0.25, 0.3) is 0 Å². The van der Waals surface area contributed by atoms with Crippen LogP contribution in [-0.4, -0.2) is 30.8 Å². The SMILES string of the molecule is CC(C)(C)OC(=O)NCCCCCCNC(=O)Nc1ccccc1. The van der Waals surface area contributed by atoms with E-state index < -0.39 is 5.60 Å². The van der Waals surface area contributed by atoms with E-state index in [1.54, 1.807) is 0 Å². The molecule has 3 amide bonds. The van der Waals surface area contributed by atoms with Gasteiger partial charge in [0, 0.05) is 18.8 Å². The van der Waals surface area contributed by atoms with Crippen LogP contribution in [0.1, 0.15) is 46.5 Å². The number of anilines is 1. The molecule has 1 aromatic rings. The molecule has 0 saturated carbocycles. The van der Waals surface area contributed by atoms with E-state index in [1.807, 2.05) is 51.1 Å². The van der Waals surface area contributed by atoms with Gasteiger partial charge in [0.2, 0.25) is 0 Å². The van der Waals surface area contributed by atoms with E-state index in [1.165, 1.54) is 0 Å². The van der Waals surface area contributed by atoms with E-state index in [2.05, 4.69) is 16.0 Å². The Balaban J connectivity index is 1.95. The van der Waals surface area contributed by atoms with Gasteiger partial charge in [0.05, 0.1) is 0 Å². The van der Waals surface area contributed by atoms with E-state index in [0.717, 1.165) is 31.4 Å². The molecule has 0 bridgehead atoms. The highest BCUT2D eigenvalue weighted by atomic mass is 16.6. The molecular formula is C18H29N3O3. The third-order valence-electron chi connectivity index (χ3n) is 3.09. The third-order valence-corrected chi connectivity index (χ3v) is 3.09. The number of unbranched alkanes of at least 4 members (excludes halogenated alkanes) is 3. The largest absolute Gasteiger partial charge is 0.444 e. The predicted molar refractivity (Wildman–Crippen MR) is 96.2 cm³/mol. The number of alkyl carbamates (subject to hydrolysis) is 1. The maximum atomic E-state index is 11.7. The average molecular weight is 335 g/mol. The van der Waals surface area contributed by atoms with Crippen molar-refractivity contribution >= 4 is 17.8 Å². The lowest BCUT2D eigenvalue weighted by atomic mass is 10.2. The summed E-state index contributed by atoms with van der Waals surface area (Å²) in [7, 11) is 0. The van der Waals surface area contributed by atoms with Crippen molar-refractivity contribution in [3.63, 3.8) is 0 Å². The maximum absolute atomic E-state index is 11.7. The molecule has 6 heteroatoms. The summed E-state index contributed by atoms with van der Waals surface area (Å²) in [4.78, 5) is 23.1. The van der Waals surface area contributed by atoms with Gasteiger partial charge in [0.15, 0.2) is 0 Å². The Labute approximate surface area is 144 Å². The Hall–Kier alpha value is -2.24. The fourth-order valence-electron chi connectivity index (χ4n) is 2.01. The van der Waals surface area contributed by atoms with Crippen LogP contribution in [0.4, 0.5) is 15.3 Å². The second kappa shape index (κ2) is 10.5. The Morgan fingerprint density at radius 3 is 2.08 bits per heavy atom. The molecule has 1 aromatic carbocycles. The monoisotopic (exact) mass is 335 g/mol. The van der Waals surface area contributed by atoms with Crippen LogP contribution in [0.5, 0.6) is 0 Å². The number of benzene rings is 1. The van der Waals surface area contributed by atoms with Crippen molar-refractivity contribution in [3.8, 4) is 0 Å². The minimum atomic E-state index is -0.462. The van der Waals surface area contributed by atoms with Gasteiger partial charge in [0.25, 0.3) is 0 Å². The van der Waals surface area contributed by atoms with Crippen molar-refractivity contribution in [3.05, 3.63) is 30.3 Å². The standard InChI is InChI=1S/C18H29N3O3/c1-18(2,3)24-17(23)20-14-10-5-4-9-13-19-16(22)21-15-11-7-6-8-12-15/h6-8,11-12H,4-5,9-10,13-14H2,1-3H3,(H,20,23)(H2,19,21,22). The van der Waals surface area contributed by atoms with E-state index >= 15 is 0 Å². The summed E-state index contributed by atoms with van der Waals surface area (Å²) in [6.45, 7) is 6.77. The maximum Gasteiger partial charge on any atom is 0.407 e. The summed E-state index contributed by atoms with van der Waals surface area (Å²) in [5.74, 6) is 0. The fourth-order valence-corrected chi connectivity index (χ4v) is 2.01. The summed E-state index contributed by atoms with van der Waals surface area (Å²) in [5, 5.41) is 8.33. The third kappa shape index (κ3) is 10.5. The summed E-state index contributed by atoms with van der Waals surface area (Å²) in [6, 6.07) is 9.16. The lowest BCUT2D eigenvalue weighted by Crippen LogP contribution is -2.33. The zero-order valence-corrected chi connectivity index (χ0v) is 14.9. The van der Waals surface area contributed by atoms with Gasteiger partial charge in [-0.2, -0.15) is 0 Å². The Kier molecular flexibility index (Phi) is 8.68. The normalized spacial score (nSPS) is 10.8. The first-order chi connectivity index (χ1) is 11.4. The summed E-state index contributed by atoms with van der Waals surface area (Å²) in [5.41, 5.74) is 0.319. The Bertz CT molecular complexity index is 498. The smallest absolute Gasteiger partial charge is 0.407 e. The lowest BCUT2D eigenvalue weighted by molar-refractivity contribution is 0.0527. The number of amides is 3. The molecule has 0 aliphatic heterocycles. The predicted octanol–water partition coefficient (Wildman–Crippen LogP) is 3.89. The highest BCUT2D eigenvalue weighted by Gasteiger charge is 2.15. The number of nitrogens with one attached hydrogen (secondary N) is 3. The van der Waals surface area contributed by atoms with Gasteiger partial charge >= 0.3 is 12.1 Å². The highest BCUT2D eigenvalue weighted by Crippen LogP contribution is 2.07. The van der Waals surface area contributed by atoms with E-state index in [-0.39, 0.29) is 12.1 Å². The molecule has 0 aliphatic carbocycles. The van der Waals surface area contributed by atoms with Gasteiger partial charge in [-0.3, -0.25) is 0 Å². The minimum absolute atomic E-state index is 0.187. The van der Waals surface area contributed by atoms with Crippen LogP contribution in [-0.2, 0) is 4.74 Å². The second-order valence-corrected chi connectivity index (χ2v) is 6.59. The molecule has 1 rings (SSSR count). The summed E-state index contributed by atoms with van der Waals surface area (Å²) >= 11 is 0. The van der Waals surface area contributed by atoms with E-state index in [9.17, 15) is 9.59 Å². The summed E-state index contributed by atoms with van der Waals surface area (Å²) < 4.78 is 5.15. The molecular weight excluding hydrogens is 306 g/mol. The van der Waals surface area contributed by atoms with Crippen LogP contribution in [0.3, 0.4) is 0 Å². The quantitative estimate of drug-likeness (QED) is 0.631. The van der Waals surface area contributed by atoms with Gasteiger partial charge < -0.3 is 20.7 Å². The molecule has 0 aliphatic rings. The van der Waals surface area contributed by atoms with Crippen molar-refractivity contribution in [2.45, 2.75) is 52.1 Å². The van der Waals surface area contributed by atoms with Crippen LogP contribution < -0.4 is 16.0 Å². The molecule has 0 radical (unpaired) electrons. The van der Waals surface area contributed by atoms with E-state index in [0.29, 0.717) is 13.1 Å². The zero-order chi connectivity index (χ0) is 17.8. The molecule has 3 N–H and O–H groups in total. The van der Waals surface area contributed by atoms with Gasteiger partial charge in [0.1, 0.15) is 5.60 Å². The van der Waals surface area contributed by atoms with Crippen molar-refractivity contribution in [2.24, 2.45) is 0 Å². The van der Waals surface area contributed by atoms with Crippen LogP contribution >= 0.6 is 0 Å². The molecule has 0 atom stereocenters. The molecule has 0 heterocycles.